The van der Waals surface area contributed by atoms with Gasteiger partial charge in [0.1, 0.15) is 0 Å². The van der Waals surface area contributed by atoms with Crippen molar-refractivity contribution in [1.29, 1.82) is 0 Å². The monoisotopic (exact) mass is 208 g/mol. The third-order valence-corrected chi connectivity index (χ3v) is 4.44. The molecule has 0 aromatic heterocycles. The number of hydrogen-bond acceptors (Lipinski definition) is 0. The van der Waals surface area contributed by atoms with E-state index in [0.717, 1.165) is 29.6 Å². The summed E-state index contributed by atoms with van der Waals surface area (Å²) >= 11 is 0. The molecule has 0 aromatic rings. The average molecular weight is 208 g/mol. The minimum atomic E-state index is 0.764. The van der Waals surface area contributed by atoms with E-state index in [2.05, 4.69) is 46.8 Å². The minimum absolute atomic E-state index is 0.764. The van der Waals surface area contributed by atoms with Crippen molar-refractivity contribution in [1.82, 2.24) is 0 Å². The van der Waals surface area contributed by atoms with Gasteiger partial charge in [-0.3, -0.25) is 0 Å². The molecule has 4 atom stereocenters. The summed E-state index contributed by atoms with van der Waals surface area (Å²) in [6.45, 7) is 11.7. The van der Waals surface area contributed by atoms with Crippen LogP contribution >= 0.6 is 0 Å². The fourth-order valence-electron chi connectivity index (χ4n) is 2.41. The maximum atomic E-state index is 2.50. The first-order chi connectivity index (χ1) is 7.06. The van der Waals surface area contributed by atoms with Gasteiger partial charge in [0.05, 0.1) is 0 Å². The smallest absolute Gasteiger partial charge is 0.0202 e. The van der Waals surface area contributed by atoms with Crippen molar-refractivity contribution in [2.75, 3.05) is 0 Å². The molecule has 0 amide bonds. The Morgan fingerprint density at radius 3 is 2.20 bits per heavy atom. The van der Waals surface area contributed by atoms with Gasteiger partial charge in [-0.05, 0) is 42.4 Å². The minimum Gasteiger partial charge on any atom is -0.0854 e. The number of rotatable bonds is 5. The lowest BCUT2D eigenvalue weighted by molar-refractivity contribution is 0.120. The first-order valence-corrected chi connectivity index (χ1v) is 6.74. The number of hydrogen-bond donors (Lipinski definition) is 0. The van der Waals surface area contributed by atoms with Gasteiger partial charge in [0, 0.05) is 0 Å². The molecule has 1 rings (SSSR count). The molecule has 0 spiro atoms. The van der Waals surface area contributed by atoms with Crippen LogP contribution in [-0.4, -0.2) is 0 Å². The van der Waals surface area contributed by atoms with E-state index in [9.17, 15) is 0 Å². The highest BCUT2D eigenvalue weighted by atomic mass is 14.4. The molecule has 1 saturated carbocycles. The molecule has 1 aliphatic rings. The maximum Gasteiger partial charge on any atom is -0.0202 e. The molecule has 88 valence electrons. The Balaban J connectivity index is 2.41. The fraction of sp³-hybridized carbons (Fsp3) is 0.867. The van der Waals surface area contributed by atoms with Crippen LogP contribution in [0.1, 0.15) is 53.9 Å². The Morgan fingerprint density at radius 1 is 1.13 bits per heavy atom. The van der Waals surface area contributed by atoms with E-state index in [1.54, 1.807) is 0 Å². The van der Waals surface area contributed by atoms with Gasteiger partial charge >= 0.3 is 0 Å². The summed E-state index contributed by atoms with van der Waals surface area (Å²) in [5.41, 5.74) is 0. The molecular formula is C15H28. The Morgan fingerprint density at radius 2 is 1.80 bits per heavy atom. The Bertz CT molecular complexity index is 202. The highest BCUT2D eigenvalue weighted by Gasteiger charge is 2.34. The van der Waals surface area contributed by atoms with Crippen LogP contribution in [0.25, 0.3) is 0 Å². The lowest BCUT2D eigenvalue weighted by Gasteiger charge is -2.41. The zero-order chi connectivity index (χ0) is 11.4. The van der Waals surface area contributed by atoms with Gasteiger partial charge in [0.15, 0.2) is 0 Å². The van der Waals surface area contributed by atoms with E-state index in [4.69, 9.17) is 0 Å². The largest absolute Gasteiger partial charge is 0.0854 e. The van der Waals surface area contributed by atoms with Crippen molar-refractivity contribution in [2.45, 2.75) is 53.9 Å². The van der Waals surface area contributed by atoms with Crippen molar-refractivity contribution in [3.8, 4) is 0 Å². The molecule has 0 aromatic carbocycles. The van der Waals surface area contributed by atoms with E-state index >= 15 is 0 Å². The summed E-state index contributed by atoms with van der Waals surface area (Å²) in [6, 6.07) is 0. The predicted octanol–water partition coefficient (Wildman–Crippen LogP) is 4.91. The molecule has 0 radical (unpaired) electrons. The molecule has 0 saturated heterocycles. The van der Waals surface area contributed by atoms with Crippen LogP contribution in [0.4, 0.5) is 0 Å². The molecule has 0 aliphatic heterocycles. The van der Waals surface area contributed by atoms with Crippen molar-refractivity contribution < 1.29 is 0 Å². The van der Waals surface area contributed by atoms with Gasteiger partial charge in [-0.1, -0.05) is 53.2 Å². The van der Waals surface area contributed by atoms with Crippen LogP contribution in [0.15, 0.2) is 12.2 Å². The van der Waals surface area contributed by atoms with Crippen molar-refractivity contribution in [2.24, 2.45) is 29.6 Å². The number of allylic oxidation sites excluding steroid dienone is 2. The van der Waals surface area contributed by atoms with E-state index in [-0.39, 0.29) is 0 Å². The second-order valence-corrected chi connectivity index (χ2v) is 5.78. The predicted molar refractivity (Wildman–Crippen MR) is 68.8 cm³/mol. The molecule has 15 heavy (non-hydrogen) atoms. The van der Waals surface area contributed by atoms with Gasteiger partial charge < -0.3 is 0 Å². The first kappa shape index (κ1) is 12.8. The lowest BCUT2D eigenvalue weighted by Crippen LogP contribution is -2.32. The SMILES string of the molecule is CCC(C)C=CC1CCC1C(C)C(C)C. The molecule has 0 N–H and O–H groups in total. The molecule has 1 aliphatic carbocycles. The van der Waals surface area contributed by atoms with Gasteiger partial charge in [0.2, 0.25) is 0 Å². The lowest BCUT2D eigenvalue weighted by atomic mass is 9.64. The van der Waals surface area contributed by atoms with Gasteiger partial charge in [0.25, 0.3) is 0 Å². The summed E-state index contributed by atoms with van der Waals surface area (Å²) in [5, 5.41) is 0. The summed E-state index contributed by atoms with van der Waals surface area (Å²) in [6.07, 6.45) is 9.09. The van der Waals surface area contributed by atoms with E-state index < -0.39 is 0 Å². The molecule has 0 nitrogen and oxygen atoms in total. The molecule has 4 unspecified atom stereocenters. The van der Waals surface area contributed by atoms with Crippen LogP contribution in [-0.2, 0) is 0 Å². The molecule has 0 bridgehead atoms. The quantitative estimate of drug-likeness (QED) is 0.563. The molecular weight excluding hydrogens is 180 g/mol. The Hall–Kier alpha value is -0.260. The summed E-state index contributed by atoms with van der Waals surface area (Å²) in [4.78, 5) is 0. The Kier molecular flexibility index (Phi) is 4.89. The van der Waals surface area contributed by atoms with Crippen molar-refractivity contribution in [3.05, 3.63) is 12.2 Å². The molecule has 0 heteroatoms. The highest BCUT2D eigenvalue weighted by molar-refractivity contribution is 5.00. The second kappa shape index (κ2) is 5.72. The first-order valence-electron chi connectivity index (χ1n) is 6.74. The van der Waals surface area contributed by atoms with E-state index in [0.29, 0.717) is 0 Å². The van der Waals surface area contributed by atoms with Crippen molar-refractivity contribution >= 4 is 0 Å². The Labute approximate surface area is 96.2 Å². The summed E-state index contributed by atoms with van der Waals surface area (Å²) in [5.74, 6) is 4.35. The van der Waals surface area contributed by atoms with Gasteiger partial charge in [-0.2, -0.15) is 0 Å². The van der Waals surface area contributed by atoms with Crippen LogP contribution in [0.5, 0.6) is 0 Å². The fourth-order valence-corrected chi connectivity index (χ4v) is 2.41. The summed E-state index contributed by atoms with van der Waals surface area (Å²) < 4.78 is 0. The van der Waals surface area contributed by atoms with Gasteiger partial charge in [-0.15, -0.1) is 0 Å². The van der Waals surface area contributed by atoms with Crippen LogP contribution in [0.2, 0.25) is 0 Å². The van der Waals surface area contributed by atoms with Gasteiger partial charge in [-0.25, -0.2) is 0 Å². The zero-order valence-corrected chi connectivity index (χ0v) is 11.2. The zero-order valence-electron chi connectivity index (χ0n) is 11.2. The van der Waals surface area contributed by atoms with Crippen molar-refractivity contribution in [3.63, 3.8) is 0 Å². The van der Waals surface area contributed by atoms with E-state index in [1.165, 1.54) is 19.3 Å². The molecule has 1 fully saturated rings. The normalized spacial score (nSPS) is 30.5. The summed E-state index contributed by atoms with van der Waals surface area (Å²) in [7, 11) is 0. The highest BCUT2D eigenvalue weighted by Crippen LogP contribution is 2.43. The van der Waals surface area contributed by atoms with Crippen LogP contribution < -0.4 is 0 Å². The van der Waals surface area contributed by atoms with Crippen LogP contribution in [0.3, 0.4) is 0 Å². The average Bonchev–Trinajstić information content (AvgIpc) is 2.15. The topological polar surface area (TPSA) is 0 Å². The van der Waals surface area contributed by atoms with E-state index in [1.807, 2.05) is 0 Å². The third kappa shape index (κ3) is 3.36. The second-order valence-electron chi connectivity index (χ2n) is 5.78. The van der Waals surface area contributed by atoms with Crippen LogP contribution in [0, 0.1) is 29.6 Å². The maximum absolute atomic E-state index is 2.50. The molecule has 0 heterocycles. The standard InChI is InChI=1S/C15H28/c1-6-12(4)7-8-14-9-10-15(14)13(5)11(2)3/h7-8,11-15H,6,9-10H2,1-5H3. The third-order valence-electron chi connectivity index (χ3n) is 4.44.